The molecule has 376 valence electrons. The predicted molar refractivity (Wildman–Crippen MR) is 255 cm³/mol. The molecule has 1 fully saturated rings. The van der Waals surface area contributed by atoms with E-state index in [1.54, 1.807) is 12.3 Å². The minimum absolute atomic E-state index is 0.0148. The van der Waals surface area contributed by atoms with Crippen molar-refractivity contribution in [2.75, 3.05) is 18.8 Å². The number of carbonyl (C=O) groups is 9. The van der Waals surface area contributed by atoms with Gasteiger partial charge in [0.05, 0.1) is 12.4 Å². The molecule has 4 rings (SSSR count). The first-order valence-electron chi connectivity index (χ1n) is 22.3. The molecule has 0 radical (unpaired) electrons. The summed E-state index contributed by atoms with van der Waals surface area (Å²) in [5.74, 6) is -7.32. The lowest BCUT2D eigenvalue weighted by Gasteiger charge is -2.29. The molecule has 25 nitrogen and oxygen atoms in total. The average Bonchev–Trinajstić information content (AvgIpc) is 4.10. The van der Waals surface area contributed by atoms with Crippen LogP contribution in [0.1, 0.15) is 64.6 Å². The van der Waals surface area contributed by atoms with E-state index >= 15 is 0 Å². The van der Waals surface area contributed by atoms with Gasteiger partial charge in [-0.25, -0.2) is 9.78 Å². The lowest BCUT2D eigenvalue weighted by Crippen LogP contribution is -2.60. The summed E-state index contributed by atoms with van der Waals surface area (Å²) >= 11 is 4.16. The summed E-state index contributed by atoms with van der Waals surface area (Å²) in [6.45, 7) is 5.90. The number of aliphatic carboxylic acids is 1. The molecule has 16 N–H and O–H groups in total. The second-order valence-electron chi connectivity index (χ2n) is 16.7. The number of nitrogens with two attached hydrogens (primary N) is 3. The van der Waals surface area contributed by atoms with Crippen LogP contribution in [0.15, 0.2) is 48.0 Å². The summed E-state index contributed by atoms with van der Waals surface area (Å²) in [6.07, 6.45) is 5.29. The van der Waals surface area contributed by atoms with Gasteiger partial charge in [-0.2, -0.15) is 12.6 Å². The second-order valence-corrected chi connectivity index (χ2v) is 17.1. The first-order valence-corrected chi connectivity index (χ1v) is 22.9. The number of thiol groups is 1. The Hall–Kier alpha value is -7.22. The fourth-order valence-corrected chi connectivity index (χ4v) is 7.62. The summed E-state index contributed by atoms with van der Waals surface area (Å²) in [5, 5.41) is 28.3. The van der Waals surface area contributed by atoms with Crippen molar-refractivity contribution < 1.29 is 48.3 Å². The first-order chi connectivity index (χ1) is 32.7. The van der Waals surface area contributed by atoms with E-state index in [4.69, 9.17) is 17.2 Å². The standard InChI is InChI=1S/C43H63N15O10S/c1-21(44)34(59)57-32(19-69)39(64)56-31(16-26-18-47-20-50-26)38(63)51-22(2)36(61)55-30(15-25-17-49-28-10-6-5-9-27(25)28)37(62)53-24(4)41(66)58-14-8-12-33(58)40(65)52-23(3)35(60)54-29(42(67)68)11-7-13-48-43(45)46/h5-6,9-10,17-18,20-24,29-33,49,69H,7-8,11-16,19,44H2,1-4H3,(H,47,50)(H,51,63)(H,52,65)(H,53,62)(H,54,60)(H,55,61)(H,56,64)(H,57,59)(H,67,68)(H4,45,46,48)/t21-,22-,23-,24-,29-,30-,31-,32-,33-/m0/s1. The van der Waals surface area contributed by atoms with E-state index in [2.05, 4.69) is 69.8 Å². The largest absolute Gasteiger partial charge is 0.480 e. The lowest BCUT2D eigenvalue weighted by atomic mass is 10.0. The van der Waals surface area contributed by atoms with Crippen LogP contribution in [0.5, 0.6) is 0 Å². The molecule has 0 saturated carbocycles. The number of aromatic nitrogens is 3. The van der Waals surface area contributed by atoms with Crippen LogP contribution >= 0.6 is 12.6 Å². The van der Waals surface area contributed by atoms with Crippen LogP contribution in [-0.2, 0) is 56.0 Å². The number of H-pyrrole nitrogens is 2. The molecule has 26 heteroatoms. The van der Waals surface area contributed by atoms with Gasteiger partial charge in [0.25, 0.3) is 0 Å². The minimum Gasteiger partial charge on any atom is -0.480 e. The van der Waals surface area contributed by atoms with Crippen LogP contribution in [0.25, 0.3) is 10.9 Å². The van der Waals surface area contributed by atoms with E-state index < -0.39 is 108 Å². The van der Waals surface area contributed by atoms with Gasteiger partial charge in [0, 0.05) is 60.7 Å². The molecular weight excluding hydrogens is 919 g/mol. The maximum Gasteiger partial charge on any atom is 0.326 e. The van der Waals surface area contributed by atoms with Crippen LogP contribution in [0.4, 0.5) is 0 Å². The smallest absolute Gasteiger partial charge is 0.326 e. The zero-order chi connectivity index (χ0) is 50.9. The van der Waals surface area contributed by atoms with Crippen molar-refractivity contribution in [1.29, 1.82) is 0 Å². The maximum atomic E-state index is 14.1. The number of guanidine groups is 1. The highest BCUT2D eigenvalue weighted by atomic mass is 32.1. The Bertz CT molecular complexity index is 2340. The molecular formula is C43H63N15O10S. The summed E-state index contributed by atoms with van der Waals surface area (Å²) in [6, 6.07) is -3.37. The van der Waals surface area contributed by atoms with Gasteiger partial charge in [0.15, 0.2) is 5.96 Å². The van der Waals surface area contributed by atoms with Crippen molar-refractivity contribution in [2.45, 2.75) is 121 Å². The highest BCUT2D eigenvalue weighted by molar-refractivity contribution is 7.80. The predicted octanol–water partition coefficient (Wildman–Crippen LogP) is -3.46. The SMILES string of the molecule is C[C@H](N)C(=O)N[C@@H](CS)C(=O)N[C@@H](Cc1cnc[nH]1)C(=O)N[C@@H](C)C(=O)N[C@@H](Cc1c[nH]c2ccccc12)C(=O)N[C@@H](C)C(=O)N1CCC[C@H]1C(=O)N[C@@H](C)C(=O)N[C@@H](CCCN=C(N)N)C(=O)O. The first kappa shape index (κ1) is 54.4. The topological polar surface area (TPSA) is 396 Å². The number of rotatable bonds is 25. The fraction of sp³-hybridized carbons (Fsp3) is 0.512. The van der Waals surface area contributed by atoms with E-state index in [0.29, 0.717) is 17.7 Å². The molecule has 1 aromatic carbocycles. The molecule has 8 amide bonds. The van der Waals surface area contributed by atoms with Crippen LogP contribution < -0.4 is 54.4 Å². The van der Waals surface area contributed by atoms with Gasteiger partial charge in [-0.3, -0.25) is 43.3 Å². The number of carboxylic acids is 1. The average molecular weight is 982 g/mol. The number of likely N-dealkylation sites (tertiary alicyclic amines) is 1. The third-order valence-electron chi connectivity index (χ3n) is 11.2. The number of nitrogens with zero attached hydrogens (tertiary/aromatic N) is 3. The Morgan fingerprint density at radius 1 is 0.783 bits per heavy atom. The molecule has 0 spiro atoms. The Kier molecular flexibility index (Phi) is 20.3. The van der Waals surface area contributed by atoms with Crippen molar-refractivity contribution >= 4 is 82.7 Å². The molecule has 0 aliphatic carbocycles. The van der Waals surface area contributed by atoms with Crippen LogP contribution in [-0.4, -0.2) is 157 Å². The lowest BCUT2D eigenvalue weighted by molar-refractivity contribution is -0.143. The van der Waals surface area contributed by atoms with Crippen LogP contribution in [0.2, 0.25) is 0 Å². The van der Waals surface area contributed by atoms with E-state index in [1.807, 2.05) is 18.2 Å². The Morgan fingerprint density at radius 3 is 2.00 bits per heavy atom. The molecule has 1 aliphatic rings. The third kappa shape index (κ3) is 15.9. The third-order valence-corrected chi connectivity index (χ3v) is 11.6. The van der Waals surface area contributed by atoms with Gasteiger partial charge < -0.3 is 74.4 Å². The quantitative estimate of drug-likeness (QED) is 0.0170. The molecule has 9 atom stereocenters. The summed E-state index contributed by atoms with van der Waals surface area (Å²) in [4.78, 5) is 134. The van der Waals surface area contributed by atoms with Crippen LogP contribution in [0.3, 0.4) is 0 Å². The second kappa shape index (κ2) is 25.8. The Labute approximate surface area is 402 Å². The highest BCUT2D eigenvalue weighted by Gasteiger charge is 2.39. The number of benzene rings is 1. The highest BCUT2D eigenvalue weighted by Crippen LogP contribution is 2.21. The van der Waals surface area contributed by atoms with Crippen molar-refractivity contribution in [2.24, 2.45) is 22.2 Å². The van der Waals surface area contributed by atoms with Gasteiger partial charge in [-0.15, -0.1) is 0 Å². The zero-order valence-corrected chi connectivity index (χ0v) is 39.6. The number of carboxylic acid groups (broad SMARTS) is 1. The number of para-hydroxylation sites is 1. The number of carbonyl (C=O) groups excluding carboxylic acids is 8. The van der Waals surface area contributed by atoms with E-state index in [0.717, 1.165) is 10.9 Å². The summed E-state index contributed by atoms with van der Waals surface area (Å²) in [5.41, 5.74) is 18.1. The fourth-order valence-electron chi connectivity index (χ4n) is 7.36. The van der Waals surface area contributed by atoms with Crippen molar-refractivity contribution in [1.82, 2.24) is 57.1 Å². The molecule has 3 heterocycles. The van der Waals surface area contributed by atoms with Gasteiger partial charge in [0.2, 0.25) is 47.3 Å². The van der Waals surface area contributed by atoms with Gasteiger partial charge in [-0.05, 0) is 65.0 Å². The molecule has 1 aliphatic heterocycles. The minimum atomic E-state index is -1.31. The Balaban J connectivity index is 1.45. The molecule has 1 saturated heterocycles. The number of aliphatic imine (C=N–C) groups is 1. The summed E-state index contributed by atoms with van der Waals surface area (Å²) in [7, 11) is 0. The van der Waals surface area contributed by atoms with Crippen molar-refractivity contribution in [3.63, 3.8) is 0 Å². The van der Waals surface area contributed by atoms with Gasteiger partial charge in [0.1, 0.15) is 48.3 Å². The molecule has 0 bridgehead atoms. The molecule has 0 unspecified atom stereocenters. The van der Waals surface area contributed by atoms with Gasteiger partial charge >= 0.3 is 5.97 Å². The van der Waals surface area contributed by atoms with E-state index in [-0.39, 0.29) is 56.9 Å². The number of hydrogen-bond acceptors (Lipinski definition) is 13. The number of amides is 8. The molecule has 69 heavy (non-hydrogen) atoms. The maximum absolute atomic E-state index is 14.1. The van der Waals surface area contributed by atoms with Crippen LogP contribution in [0, 0.1) is 0 Å². The zero-order valence-electron chi connectivity index (χ0n) is 38.7. The molecule has 2 aromatic heterocycles. The molecule has 3 aromatic rings. The van der Waals surface area contributed by atoms with E-state index in [1.165, 1.54) is 45.1 Å². The normalized spacial score (nSPS) is 16.8. The summed E-state index contributed by atoms with van der Waals surface area (Å²) < 4.78 is 0. The van der Waals surface area contributed by atoms with Crippen molar-refractivity contribution in [3.8, 4) is 0 Å². The number of nitrogens with one attached hydrogen (secondary N) is 9. The number of hydrogen-bond donors (Lipinski definition) is 14. The Morgan fingerprint density at radius 2 is 1.38 bits per heavy atom. The number of imidazole rings is 1. The monoisotopic (exact) mass is 981 g/mol. The van der Waals surface area contributed by atoms with E-state index in [9.17, 15) is 48.3 Å². The number of fused-ring (bicyclic) bond motifs is 1. The number of aromatic amines is 2. The van der Waals surface area contributed by atoms with Crippen molar-refractivity contribution in [3.05, 3.63) is 54.2 Å². The van der Waals surface area contributed by atoms with Gasteiger partial charge in [-0.1, -0.05) is 18.2 Å².